The number of rotatable bonds is 3. The van der Waals surface area contributed by atoms with Crippen LogP contribution in [0.5, 0.6) is 0 Å². The quantitative estimate of drug-likeness (QED) is 0.189. The van der Waals surface area contributed by atoms with Crippen LogP contribution in [0.25, 0.3) is 10.8 Å². The summed E-state index contributed by atoms with van der Waals surface area (Å²) < 4.78 is 0. The maximum atomic E-state index is 14.7. The summed E-state index contributed by atoms with van der Waals surface area (Å²) in [6.07, 6.45) is 1.96. The second-order valence-electron chi connectivity index (χ2n) is 11.1. The second kappa shape index (κ2) is 8.33. The third-order valence-corrected chi connectivity index (χ3v) is 9.14. The Labute approximate surface area is 232 Å². The highest BCUT2D eigenvalue weighted by molar-refractivity contribution is 6.27. The molecule has 0 spiro atoms. The molecule has 5 aromatic carbocycles. The van der Waals surface area contributed by atoms with Crippen LogP contribution < -0.4 is 4.90 Å². The number of amides is 2. The van der Waals surface area contributed by atoms with E-state index in [1.54, 1.807) is 0 Å². The summed E-state index contributed by atoms with van der Waals surface area (Å²) in [6, 6.07) is 38.5. The normalized spacial score (nSPS) is 24.4. The topological polar surface area (TPSA) is 49.7 Å². The van der Waals surface area contributed by atoms with Gasteiger partial charge in [-0.1, -0.05) is 103 Å². The molecule has 0 unspecified atom stereocenters. The first-order chi connectivity index (χ1) is 19.6. The average molecular weight is 519 g/mol. The van der Waals surface area contributed by atoms with Crippen LogP contribution in [0.15, 0.2) is 120 Å². The molecular weight excluding hydrogens is 492 g/mol. The molecule has 1 fully saturated rings. The standard InChI is InChI=1S/C36H26N2O2/c1-22-17-19-24(20-18-22)37-21-36-28-14-6-4-12-26(28)31(27-13-5-7-15-29(27)36)32-33(36)35(40)38(34(32)39)30-16-8-10-23-9-2-3-11-25(23)30/h2-21,31-33H,1H3/t31?,32-,33+,36?/m1/s1. The predicted octanol–water partition coefficient (Wildman–Crippen LogP) is 7.10. The summed E-state index contributed by atoms with van der Waals surface area (Å²) in [4.78, 5) is 35.7. The van der Waals surface area contributed by atoms with Gasteiger partial charge in [-0.25, -0.2) is 4.90 Å². The van der Waals surface area contributed by atoms with E-state index >= 15 is 0 Å². The van der Waals surface area contributed by atoms with Crippen molar-refractivity contribution in [3.05, 3.63) is 143 Å². The van der Waals surface area contributed by atoms with Crippen LogP contribution in [0, 0.1) is 18.8 Å². The Bertz CT molecular complexity index is 1830. The molecule has 1 saturated heterocycles. The fourth-order valence-electron chi connectivity index (χ4n) is 7.50. The van der Waals surface area contributed by atoms with Crippen molar-refractivity contribution in [2.75, 3.05) is 4.90 Å². The van der Waals surface area contributed by atoms with Gasteiger partial charge in [0.1, 0.15) is 0 Å². The minimum atomic E-state index is -0.871. The summed E-state index contributed by atoms with van der Waals surface area (Å²) in [7, 11) is 0. The van der Waals surface area contributed by atoms with E-state index in [0.29, 0.717) is 5.69 Å². The average Bonchev–Trinajstić information content (AvgIpc) is 3.27. The fraction of sp³-hybridized carbons (Fsp3) is 0.139. The molecule has 2 bridgehead atoms. The molecule has 0 aromatic heterocycles. The lowest BCUT2D eigenvalue weighted by atomic mass is 9.47. The fourth-order valence-corrected chi connectivity index (χ4v) is 7.50. The van der Waals surface area contributed by atoms with Crippen molar-refractivity contribution in [3.63, 3.8) is 0 Å². The number of anilines is 1. The third kappa shape index (κ3) is 2.93. The van der Waals surface area contributed by atoms with Crippen LogP contribution in [-0.2, 0) is 15.0 Å². The minimum absolute atomic E-state index is 0.131. The molecule has 5 aromatic rings. The van der Waals surface area contributed by atoms with Gasteiger partial charge in [0.15, 0.2) is 0 Å². The number of fused-ring (bicyclic) bond motifs is 1. The first kappa shape index (κ1) is 23.1. The first-order valence-electron chi connectivity index (χ1n) is 13.8. The molecule has 40 heavy (non-hydrogen) atoms. The van der Waals surface area contributed by atoms with Crippen LogP contribution in [-0.4, -0.2) is 18.0 Å². The van der Waals surface area contributed by atoms with Gasteiger partial charge < -0.3 is 0 Å². The van der Waals surface area contributed by atoms with E-state index in [9.17, 15) is 9.59 Å². The van der Waals surface area contributed by atoms with Crippen molar-refractivity contribution >= 4 is 40.2 Å². The maximum absolute atomic E-state index is 14.7. The number of nitrogens with zero attached hydrogens (tertiary/aromatic N) is 2. The summed E-state index contributed by atoms with van der Waals surface area (Å²) in [6.45, 7) is 2.05. The molecular formula is C36H26N2O2. The second-order valence-corrected chi connectivity index (χ2v) is 11.1. The van der Waals surface area contributed by atoms with Gasteiger partial charge in [-0.3, -0.25) is 14.6 Å². The Morgan fingerprint density at radius 3 is 2.05 bits per heavy atom. The Kier molecular flexibility index (Phi) is 4.81. The molecule has 0 saturated carbocycles. The highest BCUT2D eigenvalue weighted by Crippen LogP contribution is 2.64. The summed E-state index contributed by atoms with van der Waals surface area (Å²) in [5.41, 5.74) is 6.12. The number of aliphatic imine (C=N–C) groups is 1. The van der Waals surface area contributed by atoms with E-state index in [2.05, 4.69) is 31.2 Å². The lowest BCUT2D eigenvalue weighted by Gasteiger charge is -2.52. The smallest absolute Gasteiger partial charge is 0.239 e. The van der Waals surface area contributed by atoms with E-state index in [1.807, 2.05) is 97.2 Å². The van der Waals surface area contributed by atoms with Gasteiger partial charge in [-0.05, 0) is 52.8 Å². The van der Waals surface area contributed by atoms with Crippen molar-refractivity contribution in [1.82, 2.24) is 0 Å². The largest absolute Gasteiger partial charge is 0.274 e. The monoisotopic (exact) mass is 518 g/mol. The lowest BCUT2D eigenvalue weighted by molar-refractivity contribution is -0.122. The molecule has 4 aliphatic rings. The molecule has 9 rings (SSSR count). The maximum Gasteiger partial charge on any atom is 0.239 e. The lowest BCUT2D eigenvalue weighted by Crippen LogP contribution is -2.54. The molecule has 2 amide bonds. The van der Waals surface area contributed by atoms with Crippen LogP contribution in [0.3, 0.4) is 0 Å². The number of imide groups is 1. The van der Waals surface area contributed by atoms with Crippen molar-refractivity contribution in [2.45, 2.75) is 18.3 Å². The van der Waals surface area contributed by atoms with Crippen LogP contribution in [0.1, 0.15) is 33.7 Å². The zero-order valence-corrected chi connectivity index (χ0v) is 22.0. The van der Waals surface area contributed by atoms with Crippen molar-refractivity contribution in [3.8, 4) is 0 Å². The number of hydrogen-bond donors (Lipinski definition) is 0. The van der Waals surface area contributed by atoms with Gasteiger partial charge in [-0.15, -0.1) is 0 Å². The molecule has 3 aliphatic carbocycles. The molecule has 1 heterocycles. The number of hydrogen-bond acceptors (Lipinski definition) is 3. The molecule has 192 valence electrons. The first-order valence-corrected chi connectivity index (χ1v) is 13.8. The van der Waals surface area contributed by atoms with E-state index in [0.717, 1.165) is 44.3 Å². The van der Waals surface area contributed by atoms with Gasteiger partial charge in [0.2, 0.25) is 11.8 Å². The van der Waals surface area contributed by atoms with E-state index in [1.165, 1.54) is 4.90 Å². The third-order valence-electron chi connectivity index (χ3n) is 9.14. The summed E-state index contributed by atoms with van der Waals surface area (Å²) in [5, 5.41) is 1.90. The van der Waals surface area contributed by atoms with Crippen molar-refractivity contribution in [2.24, 2.45) is 16.8 Å². The molecule has 2 atom stereocenters. The zero-order chi connectivity index (χ0) is 27.0. The van der Waals surface area contributed by atoms with Gasteiger partial charge in [-0.2, -0.15) is 0 Å². The van der Waals surface area contributed by atoms with E-state index in [-0.39, 0.29) is 17.7 Å². The Morgan fingerprint density at radius 2 is 1.32 bits per heavy atom. The number of benzene rings is 5. The van der Waals surface area contributed by atoms with E-state index < -0.39 is 17.3 Å². The van der Waals surface area contributed by atoms with Crippen molar-refractivity contribution < 1.29 is 9.59 Å². The Hall–Kier alpha value is -4.83. The number of carbonyl (C=O) groups is 2. The predicted molar refractivity (Wildman–Crippen MR) is 158 cm³/mol. The zero-order valence-electron chi connectivity index (χ0n) is 22.0. The molecule has 0 N–H and O–H groups in total. The molecule has 4 nitrogen and oxygen atoms in total. The summed E-state index contributed by atoms with van der Waals surface area (Å²) >= 11 is 0. The van der Waals surface area contributed by atoms with E-state index in [4.69, 9.17) is 4.99 Å². The van der Waals surface area contributed by atoms with Crippen molar-refractivity contribution in [1.29, 1.82) is 0 Å². The highest BCUT2D eigenvalue weighted by atomic mass is 16.2. The molecule has 1 aliphatic heterocycles. The number of carbonyl (C=O) groups excluding carboxylic acids is 2. The molecule has 0 radical (unpaired) electrons. The van der Waals surface area contributed by atoms with Gasteiger partial charge >= 0.3 is 0 Å². The van der Waals surface area contributed by atoms with Gasteiger partial charge in [0.25, 0.3) is 0 Å². The SMILES string of the molecule is Cc1ccc(N=CC23c4ccccc4C(c4ccccc42)[C@H]2C(=O)N(c4cccc5ccccc45)C(=O)[C@H]23)cc1. The minimum Gasteiger partial charge on any atom is -0.274 e. The van der Waals surface area contributed by atoms with Crippen LogP contribution in [0.4, 0.5) is 11.4 Å². The highest BCUT2D eigenvalue weighted by Gasteiger charge is 2.68. The van der Waals surface area contributed by atoms with Gasteiger partial charge in [0, 0.05) is 17.5 Å². The number of aryl methyl sites for hydroxylation is 1. The van der Waals surface area contributed by atoms with Crippen LogP contribution >= 0.6 is 0 Å². The summed E-state index contributed by atoms with van der Waals surface area (Å²) in [5.74, 6) is -1.59. The van der Waals surface area contributed by atoms with Crippen LogP contribution in [0.2, 0.25) is 0 Å². The Balaban J connectivity index is 1.40. The Morgan fingerprint density at radius 1 is 0.700 bits per heavy atom. The molecule has 4 heteroatoms. The van der Waals surface area contributed by atoms with Gasteiger partial charge in [0.05, 0.1) is 28.6 Å².